The van der Waals surface area contributed by atoms with Gasteiger partial charge in [0.2, 0.25) is 5.91 Å². The molecule has 0 bridgehead atoms. The van der Waals surface area contributed by atoms with Crippen molar-refractivity contribution in [1.82, 2.24) is 24.8 Å². The van der Waals surface area contributed by atoms with Crippen LogP contribution in [0.2, 0.25) is 0 Å². The second-order valence-electron chi connectivity index (χ2n) is 7.79. The maximum Gasteiger partial charge on any atom is 0.261 e. The lowest BCUT2D eigenvalue weighted by atomic mass is 10.0. The molecule has 0 spiro atoms. The zero-order valence-corrected chi connectivity index (χ0v) is 17.1. The van der Waals surface area contributed by atoms with Crippen molar-refractivity contribution in [1.29, 1.82) is 0 Å². The molecule has 0 saturated heterocycles. The van der Waals surface area contributed by atoms with Crippen LogP contribution in [0.1, 0.15) is 38.6 Å². The third kappa shape index (κ3) is 4.10. The van der Waals surface area contributed by atoms with E-state index in [0.29, 0.717) is 30.3 Å². The van der Waals surface area contributed by atoms with Crippen LogP contribution in [-0.2, 0) is 11.3 Å². The van der Waals surface area contributed by atoms with Crippen LogP contribution in [0.15, 0.2) is 59.7 Å². The molecule has 1 unspecified atom stereocenters. The number of fused-ring (bicyclic) bond motifs is 2. The van der Waals surface area contributed by atoms with Gasteiger partial charge in [0.25, 0.3) is 5.56 Å². The van der Waals surface area contributed by atoms with Crippen molar-refractivity contribution in [2.75, 3.05) is 0 Å². The highest BCUT2D eigenvalue weighted by Crippen LogP contribution is 2.22. The number of hydrogen-bond acceptors (Lipinski definition) is 4. The van der Waals surface area contributed by atoms with Crippen molar-refractivity contribution in [3.8, 4) is 0 Å². The predicted molar refractivity (Wildman–Crippen MR) is 117 cm³/mol. The van der Waals surface area contributed by atoms with Gasteiger partial charge in [0.05, 0.1) is 34.3 Å². The van der Waals surface area contributed by atoms with Gasteiger partial charge in [-0.25, -0.2) is 9.97 Å². The van der Waals surface area contributed by atoms with Gasteiger partial charge in [-0.2, -0.15) is 0 Å². The number of benzene rings is 2. The highest BCUT2D eigenvalue weighted by Gasteiger charge is 2.21. The summed E-state index contributed by atoms with van der Waals surface area (Å²) in [4.78, 5) is 37.4. The molecule has 1 amide bonds. The lowest BCUT2D eigenvalue weighted by molar-refractivity contribution is -0.122. The lowest BCUT2D eigenvalue weighted by Crippen LogP contribution is -2.32. The number of carbonyl (C=O) groups is 1. The van der Waals surface area contributed by atoms with E-state index in [1.165, 1.54) is 0 Å². The van der Waals surface area contributed by atoms with Crippen LogP contribution in [0, 0.1) is 5.92 Å². The largest absolute Gasteiger partial charge is 0.346 e. The second kappa shape index (κ2) is 8.49. The number of carbonyl (C=O) groups excluding carboxylic acids is 1. The number of nitrogens with one attached hydrogen (secondary N) is 2. The number of H-pyrrole nitrogens is 1. The van der Waals surface area contributed by atoms with Gasteiger partial charge in [-0.1, -0.05) is 38.1 Å². The van der Waals surface area contributed by atoms with E-state index >= 15 is 0 Å². The van der Waals surface area contributed by atoms with Gasteiger partial charge in [-0.3, -0.25) is 14.2 Å². The van der Waals surface area contributed by atoms with Gasteiger partial charge in [0, 0.05) is 13.0 Å². The molecule has 30 heavy (non-hydrogen) atoms. The first-order valence-electron chi connectivity index (χ1n) is 10.2. The first-order chi connectivity index (χ1) is 14.5. The molecule has 4 aromatic rings. The molecule has 2 aromatic heterocycles. The van der Waals surface area contributed by atoms with Crippen molar-refractivity contribution < 1.29 is 4.79 Å². The average Bonchev–Trinajstić information content (AvgIpc) is 3.17. The van der Waals surface area contributed by atoms with E-state index in [1.54, 1.807) is 17.0 Å². The number of aromatic amines is 1. The smallest absolute Gasteiger partial charge is 0.261 e. The fraction of sp³-hybridized carbons (Fsp3) is 0.304. The quantitative estimate of drug-likeness (QED) is 0.493. The molecule has 1 atom stereocenters. The van der Waals surface area contributed by atoms with E-state index in [4.69, 9.17) is 0 Å². The van der Waals surface area contributed by atoms with E-state index in [-0.39, 0.29) is 23.4 Å². The van der Waals surface area contributed by atoms with Gasteiger partial charge in [0.15, 0.2) is 0 Å². The number of rotatable bonds is 7. The summed E-state index contributed by atoms with van der Waals surface area (Å²) in [7, 11) is 0. The summed E-state index contributed by atoms with van der Waals surface area (Å²) in [6.45, 7) is 4.55. The highest BCUT2D eigenvalue weighted by molar-refractivity contribution is 5.78. The molecule has 154 valence electrons. The van der Waals surface area contributed by atoms with Crippen LogP contribution in [0.3, 0.4) is 0 Å². The molecule has 0 radical (unpaired) electrons. The molecule has 7 heteroatoms. The summed E-state index contributed by atoms with van der Waals surface area (Å²) in [6.07, 6.45) is 2.42. The Morgan fingerprint density at radius 2 is 1.83 bits per heavy atom. The molecule has 7 nitrogen and oxygen atoms in total. The standard InChI is InChI=1S/C23H25N5O2/c1-15(2)21(22-25-18-10-5-6-11-19(18)26-22)27-20(29)12-7-13-28-14-24-17-9-4-3-8-16(17)23(28)30/h3-6,8-11,14-15,21H,7,12-13H2,1-2H3,(H,25,26)(H,27,29). The fourth-order valence-electron chi connectivity index (χ4n) is 3.59. The maximum absolute atomic E-state index is 12.6. The molecule has 0 saturated carbocycles. The Bertz CT molecular complexity index is 1210. The number of nitrogens with zero attached hydrogens (tertiary/aromatic N) is 3. The zero-order chi connectivity index (χ0) is 21.1. The first kappa shape index (κ1) is 19.8. The number of imidazole rings is 1. The summed E-state index contributed by atoms with van der Waals surface area (Å²) < 4.78 is 1.56. The van der Waals surface area contributed by atoms with E-state index in [9.17, 15) is 9.59 Å². The third-order valence-electron chi connectivity index (χ3n) is 5.22. The Morgan fingerprint density at radius 3 is 2.60 bits per heavy atom. The Labute approximate surface area is 174 Å². The Morgan fingerprint density at radius 1 is 1.10 bits per heavy atom. The summed E-state index contributed by atoms with van der Waals surface area (Å²) in [5.74, 6) is 0.882. The predicted octanol–water partition coefficient (Wildman–Crippen LogP) is 3.57. The Hall–Kier alpha value is -3.48. The minimum Gasteiger partial charge on any atom is -0.346 e. The second-order valence-corrected chi connectivity index (χ2v) is 7.79. The van der Waals surface area contributed by atoms with Gasteiger partial charge in [0.1, 0.15) is 5.82 Å². The summed E-state index contributed by atoms with van der Waals surface area (Å²) >= 11 is 0. The van der Waals surface area contributed by atoms with Crippen LogP contribution < -0.4 is 10.9 Å². The van der Waals surface area contributed by atoms with E-state index in [1.807, 2.05) is 42.5 Å². The highest BCUT2D eigenvalue weighted by atomic mass is 16.1. The molecule has 2 aromatic carbocycles. The van der Waals surface area contributed by atoms with Gasteiger partial charge >= 0.3 is 0 Å². The van der Waals surface area contributed by atoms with Gasteiger partial charge in [-0.15, -0.1) is 0 Å². The van der Waals surface area contributed by atoms with Crippen molar-refractivity contribution in [3.63, 3.8) is 0 Å². The normalized spacial score (nSPS) is 12.5. The molecular weight excluding hydrogens is 378 g/mol. The van der Waals surface area contributed by atoms with E-state index < -0.39 is 0 Å². The fourth-order valence-corrected chi connectivity index (χ4v) is 3.59. The number of aromatic nitrogens is 4. The molecule has 4 rings (SSSR count). The van der Waals surface area contributed by atoms with Crippen LogP contribution in [0.25, 0.3) is 21.9 Å². The molecule has 0 aliphatic carbocycles. The topological polar surface area (TPSA) is 92.7 Å². The monoisotopic (exact) mass is 403 g/mol. The zero-order valence-electron chi connectivity index (χ0n) is 17.1. The Kier molecular flexibility index (Phi) is 5.61. The van der Waals surface area contributed by atoms with Crippen molar-refractivity contribution in [2.24, 2.45) is 5.92 Å². The van der Waals surface area contributed by atoms with Crippen molar-refractivity contribution >= 4 is 27.8 Å². The van der Waals surface area contributed by atoms with Crippen LogP contribution in [0.4, 0.5) is 0 Å². The molecule has 0 aliphatic rings. The van der Waals surface area contributed by atoms with Crippen molar-refractivity contribution in [3.05, 3.63) is 71.0 Å². The summed E-state index contributed by atoms with van der Waals surface area (Å²) in [5.41, 5.74) is 2.44. The van der Waals surface area contributed by atoms with Gasteiger partial charge < -0.3 is 10.3 Å². The molecule has 0 aliphatic heterocycles. The minimum absolute atomic E-state index is 0.0593. The SMILES string of the molecule is CC(C)C(NC(=O)CCCn1cnc2ccccc2c1=O)c1nc2ccccc2[nH]1. The summed E-state index contributed by atoms with van der Waals surface area (Å²) in [5, 5.41) is 3.68. The van der Waals surface area contributed by atoms with Crippen LogP contribution >= 0.6 is 0 Å². The Balaban J connectivity index is 1.40. The van der Waals surface area contributed by atoms with Crippen LogP contribution in [-0.4, -0.2) is 25.4 Å². The average molecular weight is 403 g/mol. The minimum atomic E-state index is -0.199. The first-order valence-corrected chi connectivity index (χ1v) is 10.2. The molecule has 0 fully saturated rings. The third-order valence-corrected chi connectivity index (χ3v) is 5.22. The molecule has 2 heterocycles. The number of aryl methyl sites for hydroxylation is 1. The van der Waals surface area contributed by atoms with Crippen LogP contribution in [0.5, 0.6) is 0 Å². The maximum atomic E-state index is 12.6. The van der Waals surface area contributed by atoms with E-state index in [2.05, 4.69) is 34.1 Å². The molecular formula is C23H25N5O2. The number of para-hydroxylation sites is 3. The van der Waals surface area contributed by atoms with Crippen molar-refractivity contribution in [2.45, 2.75) is 39.3 Å². The van der Waals surface area contributed by atoms with E-state index in [0.717, 1.165) is 16.9 Å². The molecule has 2 N–H and O–H groups in total. The lowest BCUT2D eigenvalue weighted by Gasteiger charge is -2.20. The summed E-state index contributed by atoms with van der Waals surface area (Å²) in [6, 6.07) is 14.9. The number of amides is 1. The van der Waals surface area contributed by atoms with Gasteiger partial charge in [-0.05, 0) is 36.6 Å². The number of hydrogen-bond donors (Lipinski definition) is 2.